The molecule has 2 aliphatic carbocycles. The number of aromatic carboxylic acids is 1. The number of fused-ring (bicyclic) bond motifs is 7. The lowest BCUT2D eigenvalue weighted by Crippen LogP contribution is -2.24. The molecule has 308 valence electrons. The normalized spacial score (nSPS) is 15.7. The van der Waals surface area contributed by atoms with E-state index < -0.39 is 5.97 Å². The molecule has 0 radical (unpaired) electrons. The summed E-state index contributed by atoms with van der Waals surface area (Å²) in [6, 6.07) is 54.9. The average Bonchev–Trinajstić information content (AvgIpc) is 4.10. The van der Waals surface area contributed by atoms with Gasteiger partial charge in [0.1, 0.15) is 0 Å². The van der Waals surface area contributed by atoms with Crippen LogP contribution in [0.25, 0.3) is 48.5 Å². The van der Waals surface area contributed by atoms with Gasteiger partial charge in [-0.05, 0) is 147 Å². The first kappa shape index (κ1) is 39.3. The van der Waals surface area contributed by atoms with Crippen LogP contribution < -0.4 is 4.90 Å². The molecule has 0 saturated carbocycles. The van der Waals surface area contributed by atoms with Crippen LogP contribution >= 0.6 is 22.7 Å². The molecule has 3 aliphatic rings. The fraction of sp³-hybridized carbons (Fsp3) is 0.158. The van der Waals surface area contributed by atoms with Crippen molar-refractivity contribution < 1.29 is 9.90 Å². The van der Waals surface area contributed by atoms with E-state index in [1.807, 2.05) is 17.4 Å². The van der Waals surface area contributed by atoms with E-state index in [0.29, 0.717) is 0 Å². The third-order valence-electron chi connectivity index (χ3n) is 13.7. The quantitative estimate of drug-likeness (QED) is 0.166. The van der Waals surface area contributed by atoms with Crippen molar-refractivity contribution in [1.29, 1.82) is 0 Å². The Morgan fingerprint density at radius 3 is 1.67 bits per heavy atom. The molecule has 2 aromatic heterocycles. The number of carboxylic acids is 1. The third-order valence-corrected chi connectivity index (χ3v) is 16.1. The second-order valence-electron chi connectivity index (χ2n) is 18.5. The molecule has 6 heteroatoms. The van der Waals surface area contributed by atoms with Crippen molar-refractivity contribution >= 4 is 63.2 Å². The van der Waals surface area contributed by atoms with Gasteiger partial charge in [0.05, 0.1) is 17.0 Å². The molecule has 0 fully saturated rings. The van der Waals surface area contributed by atoms with Gasteiger partial charge in [0, 0.05) is 52.8 Å². The molecular weight excluding hydrogens is 809 g/mol. The summed E-state index contributed by atoms with van der Waals surface area (Å²) in [5, 5.41) is 9.54. The van der Waals surface area contributed by atoms with Crippen LogP contribution in [0.2, 0.25) is 0 Å². The molecule has 8 aromatic rings. The number of carboxylic acid groups (broad SMARTS) is 1. The number of carbonyl (C=O) groups is 1. The Bertz CT molecular complexity index is 3140. The first-order chi connectivity index (χ1) is 30.3. The molecule has 1 aliphatic heterocycles. The van der Waals surface area contributed by atoms with E-state index in [9.17, 15) is 9.90 Å². The Labute approximate surface area is 377 Å². The zero-order valence-electron chi connectivity index (χ0n) is 36.2. The van der Waals surface area contributed by atoms with Gasteiger partial charge in [-0.3, -0.25) is 4.99 Å². The van der Waals surface area contributed by atoms with Crippen molar-refractivity contribution in [2.75, 3.05) is 4.90 Å². The van der Waals surface area contributed by atoms with Crippen LogP contribution in [0.3, 0.4) is 0 Å². The molecule has 3 heterocycles. The SMILES string of the molecule is CC1(C)C(C=Cc2ccc(-c3ccc(-c4ccc(N(c5ccc6c(c5)C(C)(C)c5ccccc5-6)c5ccc6c(c5)C(C)(C)c5ccccc5-6)cc4)s3)s2)=Nc2ccc(C(=O)O)cc21. The smallest absolute Gasteiger partial charge is 0.335 e. The lowest BCUT2D eigenvalue weighted by Gasteiger charge is -2.30. The van der Waals surface area contributed by atoms with Crippen molar-refractivity contribution in [2.24, 2.45) is 4.99 Å². The van der Waals surface area contributed by atoms with Gasteiger partial charge in [-0.1, -0.05) is 114 Å². The summed E-state index contributed by atoms with van der Waals surface area (Å²) < 4.78 is 0. The summed E-state index contributed by atoms with van der Waals surface area (Å²) in [4.78, 5) is 23.8. The van der Waals surface area contributed by atoms with E-state index in [1.54, 1.807) is 23.5 Å². The molecule has 0 bridgehead atoms. The van der Waals surface area contributed by atoms with Gasteiger partial charge in [0.2, 0.25) is 0 Å². The largest absolute Gasteiger partial charge is 0.478 e. The van der Waals surface area contributed by atoms with E-state index in [1.165, 1.54) is 64.7 Å². The highest BCUT2D eigenvalue weighted by Gasteiger charge is 2.38. The van der Waals surface area contributed by atoms with Gasteiger partial charge in [-0.25, -0.2) is 4.79 Å². The fourth-order valence-corrected chi connectivity index (χ4v) is 12.2. The maximum Gasteiger partial charge on any atom is 0.335 e. The monoisotopic (exact) mass is 854 g/mol. The molecule has 63 heavy (non-hydrogen) atoms. The summed E-state index contributed by atoms with van der Waals surface area (Å²) >= 11 is 3.58. The number of nitrogens with zero attached hydrogens (tertiary/aromatic N) is 2. The Balaban J connectivity index is 0.898. The topological polar surface area (TPSA) is 52.9 Å². The minimum atomic E-state index is -0.923. The molecule has 0 atom stereocenters. The van der Waals surface area contributed by atoms with Gasteiger partial charge in [-0.15, -0.1) is 22.7 Å². The molecular formula is C57H46N2O2S2. The number of hydrogen-bond acceptors (Lipinski definition) is 5. The van der Waals surface area contributed by atoms with Crippen molar-refractivity contribution in [3.8, 4) is 42.4 Å². The van der Waals surface area contributed by atoms with E-state index in [4.69, 9.17) is 4.99 Å². The minimum Gasteiger partial charge on any atom is -0.478 e. The van der Waals surface area contributed by atoms with Gasteiger partial charge in [-0.2, -0.15) is 0 Å². The summed E-state index contributed by atoms with van der Waals surface area (Å²) in [5.41, 5.74) is 17.7. The van der Waals surface area contributed by atoms with Gasteiger partial charge >= 0.3 is 5.97 Å². The molecule has 0 unspecified atom stereocenters. The molecule has 6 aromatic carbocycles. The number of hydrogen-bond donors (Lipinski definition) is 1. The zero-order chi connectivity index (χ0) is 43.4. The number of benzene rings is 6. The molecule has 0 spiro atoms. The zero-order valence-corrected chi connectivity index (χ0v) is 37.8. The van der Waals surface area contributed by atoms with E-state index in [-0.39, 0.29) is 21.8 Å². The summed E-state index contributed by atoms with van der Waals surface area (Å²) in [6.45, 7) is 13.6. The standard InChI is InChI=1S/C57H46N2O2S2/c1-55(2)44-13-9-7-11-40(44)42-24-20-37(32-46(42)55)59(38-21-25-43-41-12-8-10-14-45(41)56(3,4)47(43)33-38)36-18-15-34(16-19-36)50-28-29-52(63-50)51-27-22-39(62-51)23-30-53-57(5,6)48-31-35(54(60)61)17-26-49(48)58-53/h7-33H,1-6H3,(H,60,61). The van der Waals surface area contributed by atoms with E-state index >= 15 is 0 Å². The molecule has 1 N–H and O–H groups in total. The second kappa shape index (κ2) is 14.2. The number of anilines is 3. The summed E-state index contributed by atoms with van der Waals surface area (Å²) in [5.74, 6) is -0.923. The fourth-order valence-electron chi connectivity index (χ4n) is 10.2. The first-order valence-corrected chi connectivity index (χ1v) is 23.2. The van der Waals surface area contributed by atoms with Crippen LogP contribution in [-0.2, 0) is 16.2 Å². The molecule has 0 saturated heterocycles. The second-order valence-corrected chi connectivity index (χ2v) is 20.7. The predicted octanol–water partition coefficient (Wildman–Crippen LogP) is 16.0. The van der Waals surface area contributed by atoms with E-state index in [2.05, 4.69) is 192 Å². The van der Waals surface area contributed by atoms with E-state index in [0.717, 1.165) is 38.9 Å². The van der Waals surface area contributed by atoms with Crippen LogP contribution in [0.1, 0.15) is 84.6 Å². The maximum absolute atomic E-state index is 11.6. The number of allylic oxidation sites excluding steroid dienone is 1. The highest BCUT2D eigenvalue weighted by molar-refractivity contribution is 7.24. The van der Waals surface area contributed by atoms with Crippen molar-refractivity contribution in [3.05, 3.63) is 196 Å². The predicted molar refractivity (Wildman–Crippen MR) is 265 cm³/mol. The number of thiophene rings is 2. The van der Waals surface area contributed by atoms with Crippen LogP contribution in [0.5, 0.6) is 0 Å². The van der Waals surface area contributed by atoms with Gasteiger partial charge in [0.25, 0.3) is 0 Å². The Hall–Kier alpha value is -6.60. The molecule has 4 nitrogen and oxygen atoms in total. The van der Waals surface area contributed by atoms with Crippen molar-refractivity contribution in [3.63, 3.8) is 0 Å². The average molecular weight is 855 g/mol. The number of rotatable bonds is 8. The van der Waals surface area contributed by atoms with Crippen LogP contribution in [0.15, 0.2) is 163 Å². The van der Waals surface area contributed by atoms with Gasteiger partial charge in [0.15, 0.2) is 0 Å². The number of aliphatic imine (C=N–C) groups is 1. The minimum absolute atomic E-state index is 0.112. The summed E-state index contributed by atoms with van der Waals surface area (Å²) in [7, 11) is 0. The first-order valence-electron chi connectivity index (χ1n) is 21.5. The lowest BCUT2D eigenvalue weighted by molar-refractivity contribution is 0.0696. The Morgan fingerprint density at radius 1 is 0.508 bits per heavy atom. The highest BCUT2D eigenvalue weighted by atomic mass is 32.1. The van der Waals surface area contributed by atoms with Crippen LogP contribution in [-0.4, -0.2) is 16.8 Å². The van der Waals surface area contributed by atoms with Crippen molar-refractivity contribution in [2.45, 2.75) is 57.8 Å². The van der Waals surface area contributed by atoms with Crippen LogP contribution in [0, 0.1) is 0 Å². The molecule has 11 rings (SSSR count). The van der Waals surface area contributed by atoms with Gasteiger partial charge < -0.3 is 10.0 Å². The Morgan fingerprint density at radius 2 is 1.05 bits per heavy atom. The lowest BCUT2D eigenvalue weighted by atomic mass is 9.81. The highest BCUT2D eigenvalue weighted by Crippen LogP contribution is 2.53. The third kappa shape index (κ3) is 6.22. The molecule has 0 amide bonds. The van der Waals surface area contributed by atoms with Crippen molar-refractivity contribution in [1.82, 2.24) is 0 Å². The summed E-state index contributed by atoms with van der Waals surface area (Å²) in [6.07, 6.45) is 4.20. The Kier molecular flexibility index (Phi) is 8.86. The maximum atomic E-state index is 11.6. The van der Waals surface area contributed by atoms with Crippen LogP contribution in [0.4, 0.5) is 22.7 Å².